The van der Waals surface area contributed by atoms with Crippen LogP contribution in [0.1, 0.15) is 28.4 Å². The number of benzene rings is 3. The zero-order valence-electron chi connectivity index (χ0n) is 15.1. The van der Waals surface area contributed by atoms with Crippen molar-refractivity contribution >= 4 is 32.6 Å². The smallest absolute Gasteiger partial charge is 0.260 e. The third kappa shape index (κ3) is 3.62. The fraction of sp³-hybridized carbons (Fsp3) is 0.130. The first-order valence-corrected chi connectivity index (χ1v) is 9.87. The molecule has 4 aromatic rings. The van der Waals surface area contributed by atoms with Crippen molar-refractivity contribution < 1.29 is 4.79 Å². The van der Waals surface area contributed by atoms with Crippen LogP contribution >= 0.6 is 11.3 Å². The average Bonchev–Trinajstić information content (AvgIpc) is 3.13. The summed E-state index contributed by atoms with van der Waals surface area (Å²) >= 11 is 1.56. The van der Waals surface area contributed by atoms with E-state index >= 15 is 0 Å². The fourth-order valence-electron chi connectivity index (χ4n) is 3.19. The maximum Gasteiger partial charge on any atom is 0.260 e. The fourth-order valence-corrected chi connectivity index (χ4v) is 4.21. The van der Waals surface area contributed by atoms with Crippen LogP contribution in [0.3, 0.4) is 0 Å². The van der Waals surface area contributed by atoms with Crippen LogP contribution in [-0.2, 0) is 6.42 Å². The van der Waals surface area contributed by atoms with Gasteiger partial charge in [0.1, 0.15) is 0 Å². The molecule has 0 N–H and O–H groups in total. The van der Waals surface area contributed by atoms with Gasteiger partial charge in [0.2, 0.25) is 0 Å². The number of carbonyl (C=O) groups excluding carboxylic acids is 1. The predicted octanol–water partition coefficient (Wildman–Crippen LogP) is 5.55. The van der Waals surface area contributed by atoms with E-state index in [-0.39, 0.29) is 5.91 Å². The number of hydrogen-bond acceptors (Lipinski definition) is 3. The molecule has 0 spiro atoms. The van der Waals surface area contributed by atoms with Gasteiger partial charge in [-0.3, -0.25) is 9.69 Å². The molecule has 3 nitrogen and oxygen atoms in total. The Balaban J connectivity index is 1.68. The largest absolute Gasteiger partial charge is 0.284 e. The van der Waals surface area contributed by atoms with E-state index in [1.54, 1.807) is 16.2 Å². The van der Waals surface area contributed by atoms with Crippen LogP contribution in [0.2, 0.25) is 0 Å². The number of hydrogen-bond donors (Lipinski definition) is 0. The molecular formula is C23H20N2OS. The summed E-state index contributed by atoms with van der Waals surface area (Å²) in [5, 5.41) is 0.748. The minimum atomic E-state index is 0.00286. The van der Waals surface area contributed by atoms with Crippen molar-refractivity contribution in [2.45, 2.75) is 13.3 Å². The van der Waals surface area contributed by atoms with Crippen LogP contribution in [0, 0.1) is 0 Å². The molecule has 0 saturated heterocycles. The maximum absolute atomic E-state index is 13.4. The molecule has 4 heteroatoms. The second-order valence-electron chi connectivity index (χ2n) is 6.33. The van der Waals surface area contributed by atoms with Gasteiger partial charge in [-0.25, -0.2) is 4.98 Å². The Hall–Kier alpha value is -2.98. The summed E-state index contributed by atoms with van der Waals surface area (Å²) in [6.45, 7) is 2.57. The molecule has 0 aliphatic carbocycles. The molecule has 1 heterocycles. The molecule has 0 radical (unpaired) electrons. The van der Waals surface area contributed by atoms with Crippen molar-refractivity contribution in [3.05, 3.63) is 95.6 Å². The minimum Gasteiger partial charge on any atom is -0.284 e. The molecule has 0 aliphatic heterocycles. The zero-order valence-corrected chi connectivity index (χ0v) is 15.9. The Labute approximate surface area is 162 Å². The molecule has 0 aliphatic rings. The second-order valence-corrected chi connectivity index (χ2v) is 7.34. The molecule has 27 heavy (non-hydrogen) atoms. The van der Waals surface area contributed by atoms with Gasteiger partial charge in [0.15, 0.2) is 5.13 Å². The minimum absolute atomic E-state index is 0.00286. The van der Waals surface area contributed by atoms with E-state index in [1.807, 2.05) is 73.7 Å². The van der Waals surface area contributed by atoms with E-state index in [0.29, 0.717) is 6.54 Å². The topological polar surface area (TPSA) is 33.2 Å². The molecule has 0 fully saturated rings. The molecule has 0 saturated carbocycles. The normalized spacial score (nSPS) is 10.9. The molecule has 1 aromatic heterocycles. The average molecular weight is 372 g/mol. The molecule has 3 aromatic carbocycles. The number of fused-ring (bicyclic) bond motifs is 1. The summed E-state index contributed by atoms with van der Waals surface area (Å²) in [7, 11) is 0. The first-order chi connectivity index (χ1) is 13.3. The van der Waals surface area contributed by atoms with Crippen LogP contribution in [0.15, 0.2) is 78.9 Å². The second kappa shape index (κ2) is 7.72. The molecule has 0 atom stereocenters. The number of amides is 1. The summed E-state index contributed by atoms with van der Waals surface area (Å²) in [4.78, 5) is 19.8. The Morgan fingerprint density at radius 2 is 1.63 bits per heavy atom. The number of para-hydroxylation sites is 1. The molecule has 0 bridgehead atoms. The maximum atomic E-state index is 13.4. The van der Waals surface area contributed by atoms with E-state index < -0.39 is 0 Å². The van der Waals surface area contributed by atoms with Crippen LogP contribution in [0.4, 0.5) is 5.13 Å². The summed E-state index contributed by atoms with van der Waals surface area (Å²) in [6.07, 6.45) is 0.736. The first-order valence-electron chi connectivity index (χ1n) is 9.05. The Morgan fingerprint density at radius 3 is 2.41 bits per heavy atom. The van der Waals surface area contributed by atoms with Crippen molar-refractivity contribution in [1.82, 2.24) is 4.98 Å². The highest BCUT2D eigenvalue weighted by Gasteiger charge is 2.21. The lowest BCUT2D eigenvalue weighted by Gasteiger charge is -2.19. The lowest BCUT2D eigenvalue weighted by molar-refractivity contribution is 0.0987. The molecule has 0 unspecified atom stereocenters. The standard InChI is InChI=1S/C23H20N2OS/c1-2-25(23-24-20-14-8-9-15-21(20)27-23)22(26)19-13-7-6-12-18(19)16-17-10-4-3-5-11-17/h3-15H,2,16H2,1H3. The van der Waals surface area contributed by atoms with Crippen LogP contribution in [-0.4, -0.2) is 17.4 Å². The first kappa shape index (κ1) is 17.4. The van der Waals surface area contributed by atoms with Gasteiger partial charge in [0, 0.05) is 12.1 Å². The number of nitrogens with zero attached hydrogens (tertiary/aromatic N) is 2. The molecule has 134 valence electrons. The highest BCUT2D eigenvalue weighted by atomic mass is 32.1. The Kier molecular flexibility index (Phi) is 4.99. The third-order valence-electron chi connectivity index (χ3n) is 4.56. The number of aromatic nitrogens is 1. The van der Waals surface area contributed by atoms with Crippen molar-refractivity contribution in [1.29, 1.82) is 0 Å². The van der Waals surface area contributed by atoms with Gasteiger partial charge in [-0.2, -0.15) is 0 Å². The van der Waals surface area contributed by atoms with Crippen LogP contribution < -0.4 is 4.90 Å². The van der Waals surface area contributed by atoms with E-state index in [2.05, 4.69) is 17.1 Å². The van der Waals surface area contributed by atoms with Gasteiger partial charge >= 0.3 is 0 Å². The third-order valence-corrected chi connectivity index (χ3v) is 5.62. The van der Waals surface area contributed by atoms with Crippen molar-refractivity contribution in [3.8, 4) is 0 Å². The predicted molar refractivity (Wildman–Crippen MR) is 113 cm³/mol. The summed E-state index contributed by atoms with van der Waals surface area (Å²) in [5.41, 5.74) is 3.90. The summed E-state index contributed by atoms with van der Waals surface area (Å²) < 4.78 is 1.09. The van der Waals surface area contributed by atoms with Gasteiger partial charge in [-0.15, -0.1) is 0 Å². The summed E-state index contributed by atoms with van der Waals surface area (Å²) in [5.74, 6) is 0.00286. The molecule has 4 rings (SSSR count). The van der Waals surface area contributed by atoms with Gasteiger partial charge in [0.25, 0.3) is 5.91 Å². The lowest BCUT2D eigenvalue weighted by Crippen LogP contribution is -2.31. The van der Waals surface area contributed by atoms with Crippen LogP contribution in [0.25, 0.3) is 10.2 Å². The van der Waals surface area contributed by atoms with Gasteiger partial charge in [0.05, 0.1) is 10.2 Å². The van der Waals surface area contributed by atoms with Crippen LogP contribution in [0.5, 0.6) is 0 Å². The van der Waals surface area contributed by atoms with E-state index in [9.17, 15) is 4.79 Å². The van der Waals surface area contributed by atoms with Gasteiger partial charge < -0.3 is 0 Å². The van der Waals surface area contributed by atoms with Gasteiger partial charge in [-0.1, -0.05) is 72.0 Å². The number of carbonyl (C=O) groups is 1. The Bertz CT molecular complexity index is 1040. The highest BCUT2D eigenvalue weighted by molar-refractivity contribution is 7.22. The summed E-state index contributed by atoms with van der Waals surface area (Å²) in [6, 6.07) is 26.1. The number of rotatable bonds is 5. The van der Waals surface area contributed by atoms with E-state index in [1.165, 1.54) is 5.56 Å². The molecule has 1 amide bonds. The van der Waals surface area contributed by atoms with E-state index in [4.69, 9.17) is 0 Å². The number of thiazole rings is 1. The zero-order chi connectivity index (χ0) is 18.6. The van der Waals surface area contributed by atoms with Crippen molar-refractivity contribution in [2.24, 2.45) is 0 Å². The monoisotopic (exact) mass is 372 g/mol. The van der Waals surface area contributed by atoms with Crippen molar-refractivity contribution in [2.75, 3.05) is 11.4 Å². The van der Waals surface area contributed by atoms with E-state index in [0.717, 1.165) is 32.9 Å². The quantitative estimate of drug-likeness (QED) is 0.460. The molecular weight excluding hydrogens is 352 g/mol. The Morgan fingerprint density at radius 1 is 0.926 bits per heavy atom. The SMILES string of the molecule is CCN(C(=O)c1ccccc1Cc1ccccc1)c1nc2ccccc2s1. The number of anilines is 1. The highest BCUT2D eigenvalue weighted by Crippen LogP contribution is 2.30. The van der Waals surface area contributed by atoms with Crippen molar-refractivity contribution in [3.63, 3.8) is 0 Å². The van der Waals surface area contributed by atoms with Gasteiger partial charge in [-0.05, 0) is 42.7 Å². The lowest BCUT2D eigenvalue weighted by atomic mass is 9.99.